The van der Waals surface area contributed by atoms with E-state index < -0.39 is 5.60 Å². The Labute approximate surface area is 130 Å². The number of hydrogen-bond acceptors (Lipinski definition) is 4. The maximum absolute atomic E-state index is 12.1. The lowest BCUT2D eigenvalue weighted by atomic mass is 10.2. The summed E-state index contributed by atoms with van der Waals surface area (Å²) in [6.45, 7) is 8.62. The first kappa shape index (κ1) is 14.7. The molecule has 3 heterocycles. The zero-order chi connectivity index (χ0) is 15.7. The number of fused-ring (bicyclic) bond motifs is 1. The van der Waals surface area contributed by atoms with Crippen molar-refractivity contribution in [2.45, 2.75) is 26.4 Å². The molecule has 0 aromatic carbocycles. The molecule has 0 unspecified atom stereocenters. The van der Waals surface area contributed by atoms with Gasteiger partial charge in [0.05, 0.1) is 0 Å². The van der Waals surface area contributed by atoms with Crippen molar-refractivity contribution in [3.8, 4) is 0 Å². The Morgan fingerprint density at radius 3 is 2.59 bits per heavy atom. The van der Waals surface area contributed by atoms with E-state index in [1.165, 1.54) is 0 Å². The number of aromatic nitrogens is 2. The first-order valence-corrected chi connectivity index (χ1v) is 7.58. The number of imidazole rings is 1. The van der Waals surface area contributed by atoms with E-state index in [0.29, 0.717) is 13.1 Å². The Balaban J connectivity index is 1.62. The van der Waals surface area contributed by atoms with Gasteiger partial charge < -0.3 is 18.9 Å². The standard InChI is InChI=1S/C16H22N4O2/c1-16(2,3)22-15(21)20-10-8-18(9-11-20)13-4-6-19-7-5-17-14(19)12-13/h4-7,12H,8-11H2,1-3H3. The summed E-state index contributed by atoms with van der Waals surface area (Å²) in [6, 6.07) is 4.15. The molecule has 0 atom stereocenters. The molecule has 6 heteroatoms. The van der Waals surface area contributed by atoms with Crippen LogP contribution in [0, 0.1) is 0 Å². The molecule has 22 heavy (non-hydrogen) atoms. The molecule has 118 valence electrons. The third-order valence-corrected chi connectivity index (χ3v) is 3.68. The third kappa shape index (κ3) is 3.16. The highest BCUT2D eigenvalue weighted by molar-refractivity contribution is 5.68. The van der Waals surface area contributed by atoms with E-state index in [-0.39, 0.29) is 6.09 Å². The first-order valence-electron chi connectivity index (χ1n) is 7.58. The Kier molecular flexibility index (Phi) is 3.68. The van der Waals surface area contributed by atoms with Gasteiger partial charge >= 0.3 is 6.09 Å². The Morgan fingerprint density at radius 2 is 1.91 bits per heavy atom. The van der Waals surface area contributed by atoms with Crippen LogP contribution in [-0.2, 0) is 4.74 Å². The minimum atomic E-state index is -0.445. The summed E-state index contributed by atoms with van der Waals surface area (Å²) in [5.74, 6) is 0. The van der Waals surface area contributed by atoms with E-state index in [1.807, 2.05) is 37.6 Å². The number of nitrogens with zero attached hydrogens (tertiary/aromatic N) is 4. The number of carbonyl (C=O) groups is 1. The molecule has 0 spiro atoms. The fraction of sp³-hybridized carbons (Fsp3) is 0.500. The molecule has 2 aromatic rings. The van der Waals surface area contributed by atoms with E-state index >= 15 is 0 Å². The van der Waals surface area contributed by atoms with Gasteiger partial charge in [0.25, 0.3) is 0 Å². The normalized spacial score (nSPS) is 16.1. The Morgan fingerprint density at radius 1 is 1.18 bits per heavy atom. The van der Waals surface area contributed by atoms with Gasteiger partial charge in [0, 0.05) is 56.5 Å². The summed E-state index contributed by atoms with van der Waals surface area (Å²) in [5.41, 5.74) is 1.63. The van der Waals surface area contributed by atoms with Crippen molar-refractivity contribution in [3.63, 3.8) is 0 Å². The second kappa shape index (κ2) is 5.51. The van der Waals surface area contributed by atoms with Crippen LogP contribution in [0.4, 0.5) is 10.5 Å². The SMILES string of the molecule is CC(C)(C)OC(=O)N1CCN(c2ccn3ccnc3c2)CC1. The monoisotopic (exact) mass is 302 g/mol. The highest BCUT2D eigenvalue weighted by Gasteiger charge is 2.25. The van der Waals surface area contributed by atoms with Crippen LogP contribution >= 0.6 is 0 Å². The van der Waals surface area contributed by atoms with Gasteiger partial charge in [-0.25, -0.2) is 9.78 Å². The van der Waals surface area contributed by atoms with E-state index in [9.17, 15) is 4.79 Å². The predicted molar refractivity (Wildman–Crippen MR) is 85.2 cm³/mol. The van der Waals surface area contributed by atoms with Gasteiger partial charge in [-0.1, -0.05) is 0 Å². The zero-order valence-electron chi connectivity index (χ0n) is 13.3. The van der Waals surface area contributed by atoms with Crippen LogP contribution in [0.25, 0.3) is 5.65 Å². The maximum atomic E-state index is 12.1. The van der Waals surface area contributed by atoms with Gasteiger partial charge in [0.1, 0.15) is 11.2 Å². The molecule has 0 N–H and O–H groups in total. The number of pyridine rings is 1. The molecule has 3 rings (SSSR count). The van der Waals surface area contributed by atoms with Crippen molar-refractivity contribution in [1.82, 2.24) is 14.3 Å². The number of rotatable bonds is 1. The summed E-state index contributed by atoms with van der Waals surface area (Å²) < 4.78 is 7.41. The van der Waals surface area contributed by atoms with E-state index in [2.05, 4.69) is 22.0 Å². The van der Waals surface area contributed by atoms with Crippen LogP contribution in [0.3, 0.4) is 0 Å². The number of hydrogen-bond donors (Lipinski definition) is 0. The summed E-state index contributed by atoms with van der Waals surface area (Å²) >= 11 is 0. The molecular weight excluding hydrogens is 280 g/mol. The second-order valence-corrected chi connectivity index (χ2v) is 6.53. The van der Waals surface area contributed by atoms with Crippen LogP contribution in [0.5, 0.6) is 0 Å². The van der Waals surface area contributed by atoms with E-state index in [1.54, 1.807) is 11.1 Å². The Bertz CT molecular complexity index is 666. The molecule has 0 aliphatic carbocycles. The van der Waals surface area contributed by atoms with Gasteiger partial charge in [-0.3, -0.25) is 0 Å². The number of piperazine rings is 1. The van der Waals surface area contributed by atoms with Crippen molar-refractivity contribution in [2.75, 3.05) is 31.1 Å². The van der Waals surface area contributed by atoms with Crippen LogP contribution in [0.15, 0.2) is 30.7 Å². The van der Waals surface area contributed by atoms with E-state index in [0.717, 1.165) is 24.4 Å². The van der Waals surface area contributed by atoms with Gasteiger partial charge in [0.2, 0.25) is 0 Å². The lowest BCUT2D eigenvalue weighted by Gasteiger charge is -2.36. The minimum Gasteiger partial charge on any atom is -0.444 e. The van der Waals surface area contributed by atoms with Crippen molar-refractivity contribution in [1.29, 1.82) is 0 Å². The van der Waals surface area contributed by atoms with Crippen LogP contribution in [0.2, 0.25) is 0 Å². The fourth-order valence-corrected chi connectivity index (χ4v) is 2.57. The van der Waals surface area contributed by atoms with Crippen molar-refractivity contribution >= 4 is 17.4 Å². The van der Waals surface area contributed by atoms with Gasteiger partial charge in [0.15, 0.2) is 0 Å². The number of carbonyl (C=O) groups excluding carboxylic acids is 1. The summed E-state index contributed by atoms with van der Waals surface area (Å²) in [7, 11) is 0. The smallest absolute Gasteiger partial charge is 0.410 e. The summed E-state index contributed by atoms with van der Waals surface area (Å²) in [6.07, 6.45) is 5.51. The average Bonchev–Trinajstić information content (AvgIpc) is 2.93. The molecule has 0 saturated carbocycles. The van der Waals surface area contributed by atoms with Gasteiger partial charge in [-0.05, 0) is 26.8 Å². The van der Waals surface area contributed by atoms with Crippen LogP contribution < -0.4 is 4.90 Å². The highest BCUT2D eigenvalue weighted by Crippen LogP contribution is 2.19. The fourth-order valence-electron chi connectivity index (χ4n) is 2.57. The number of amides is 1. The number of ether oxygens (including phenoxy) is 1. The second-order valence-electron chi connectivity index (χ2n) is 6.53. The summed E-state index contributed by atoms with van der Waals surface area (Å²) in [5, 5.41) is 0. The molecule has 1 saturated heterocycles. The zero-order valence-corrected chi connectivity index (χ0v) is 13.3. The molecule has 1 amide bonds. The topological polar surface area (TPSA) is 50.1 Å². The van der Waals surface area contributed by atoms with Crippen LogP contribution in [0.1, 0.15) is 20.8 Å². The average molecular weight is 302 g/mol. The molecule has 1 aliphatic rings. The van der Waals surface area contributed by atoms with Crippen molar-refractivity contribution < 1.29 is 9.53 Å². The van der Waals surface area contributed by atoms with Crippen molar-refractivity contribution in [3.05, 3.63) is 30.7 Å². The molecule has 1 aliphatic heterocycles. The lowest BCUT2D eigenvalue weighted by Crippen LogP contribution is -2.50. The number of anilines is 1. The van der Waals surface area contributed by atoms with Crippen LogP contribution in [-0.4, -0.2) is 52.2 Å². The lowest BCUT2D eigenvalue weighted by molar-refractivity contribution is 0.0240. The van der Waals surface area contributed by atoms with E-state index in [4.69, 9.17) is 4.74 Å². The Hall–Kier alpha value is -2.24. The maximum Gasteiger partial charge on any atom is 0.410 e. The molecule has 0 bridgehead atoms. The largest absolute Gasteiger partial charge is 0.444 e. The minimum absolute atomic E-state index is 0.226. The van der Waals surface area contributed by atoms with Gasteiger partial charge in [-0.15, -0.1) is 0 Å². The molecule has 1 fully saturated rings. The first-order chi connectivity index (χ1) is 10.4. The summed E-state index contributed by atoms with van der Waals surface area (Å²) in [4.78, 5) is 20.4. The molecule has 6 nitrogen and oxygen atoms in total. The van der Waals surface area contributed by atoms with Gasteiger partial charge in [-0.2, -0.15) is 0 Å². The van der Waals surface area contributed by atoms with Crippen molar-refractivity contribution in [2.24, 2.45) is 0 Å². The highest BCUT2D eigenvalue weighted by atomic mass is 16.6. The quantitative estimate of drug-likeness (QED) is 0.811. The molecule has 0 radical (unpaired) electrons. The molecule has 2 aromatic heterocycles. The molecular formula is C16H22N4O2. The predicted octanol–water partition coefficient (Wildman–Crippen LogP) is 2.39. The third-order valence-electron chi connectivity index (χ3n) is 3.68.